The molecule has 144 valence electrons. The summed E-state index contributed by atoms with van der Waals surface area (Å²) in [5.41, 5.74) is 0.760. The molecule has 6 nitrogen and oxygen atoms in total. The lowest BCUT2D eigenvalue weighted by molar-refractivity contribution is -0.124. The van der Waals surface area contributed by atoms with Gasteiger partial charge in [-0.25, -0.2) is 9.78 Å². The summed E-state index contributed by atoms with van der Waals surface area (Å²) in [6.07, 6.45) is 5.90. The van der Waals surface area contributed by atoms with E-state index in [2.05, 4.69) is 5.32 Å². The third-order valence-corrected chi connectivity index (χ3v) is 5.96. The van der Waals surface area contributed by atoms with Crippen LogP contribution in [0.2, 0.25) is 0 Å². The molecule has 0 radical (unpaired) electrons. The van der Waals surface area contributed by atoms with Crippen molar-refractivity contribution in [2.45, 2.75) is 64.9 Å². The van der Waals surface area contributed by atoms with Crippen molar-refractivity contribution in [2.24, 2.45) is 5.92 Å². The van der Waals surface area contributed by atoms with E-state index in [9.17, 15) is 9.59 Å². The molecule has 2 heterocycles. The van der Waals surface area contributed by atoms with Crippen LogP contribution in [-0.4, -0.2) is 47.1 Å². The Balaban J connectivity index is 1.41. The predicted molar refractivity (Wildman–Crippen MR) is 101 cm³/mol. The molecule has 0 spiro atoms. The zero-order valence-electron chi connectivity index (χ0n) is 16.0. The number of aromatic nitrogens is 1. The summed E-state index contributed by atoms with van der Waals surface area (Å²) in [6, 6.07) is 0. The summed E-state index contributed by atoms with van der Waals surface area (Å²) in [7, 11) is 0. The third kappa shape index (κ3) is 4.96. The van der Waals surface area contributed by atoms with Crippen LogP contribution in [0.3, 0.4) is 0 Å². The van der Waals surface area contributed by atoms with Gasteiger partial charge >= 0.3 is 6.09 Å². The largest absolute Gasteiger partial charge is 0.444 e. The fourth-order valence-electron chi connectivity index (χ4n) is 3.42. The Labute approximate surface area is 159 Å². The van der Waals surface area contributed by atoms with Crippen LogP contribution in [0.25, 0.3) is 0 Å². The Morgan fingerprint density at radius 2 is 2.08 bits per heavy atom. The first kappa shape index (κ1) is 19.1. The Hall–Kier alpha value is -1.63. The number of likely N-dealkylation sites (tertiary alicyclic amines) is 1. The van der Waals surface area contributed by atoms with Gasteiger partial charge in [0.15, 0.2) is 0 Å². The maximum atomic E-state index is 12.4. The number of carbonyl (C=O) groups excluding carboxylic acids is 2. The van der Waals surface area contributed by atoms with Crippen LogP contribution >= 0.6 is 11.3 Å². The second-order valence-corrected chi connectivity index (χ2v) is 9.31. The second-order valence-electron chi connectivity index (χ2n) is 8.14. The van der Waals surface area contributed by atoms with Crippen LogP contribution in [0.15, 0.2) is 0 Å². The molecule has 1 N–H and O–H groups in total. The van der Waals surface area contributed by atoms with Crippen molar-refractivity contribution in [1.29, 1.82) is 0 Å². The van der Waals surface area contributed by atoms with Crippen molar-refractivity contribution in [1.82, 2.24) is 15.2 Å². The highest BCUT2D eigenvalue weighted by atomic mass is 32.1. The average Bonchev–Trinajstić information content (AvgIpc) is 3.20. The summed E-state index contributed by atoms with van der Waals surface area (Å²) in [5, 5.41) is 4.13. The minimum atomic E-state index is -0.510. The Morgan fingerprint density at radius 3 is 2.81 bits per heavy atom. The van der Waals surface area contributed by atoms with Gasteiger partial charge in [-0.1, -0.05) is 0 Å². The normalized spacial score (nSPS) is 20.0. The fraction of sp³-hybridized carbons (Fsp3) is 0.737. The van der Waals surface area contributed by atoms with Gasteiger partial charge in [0, 0.05) is 30.9 Å². The molecular formula is C19H29N3O3S. The van der Waals surface area contributed by atoms with Crippen LogP contribution < -0.4 is 5.32 Å². The second kappa shape index (κ2) is 7.94. The molecule has 2 amide bonds. The molecule has 1 aliphatic carbocycles. The topological polar surface area (TPSA) is 71.5 Å². The highest BCUT2D eigenvalue weighted by molar-refractivity contribution is 7.11. The van der Waals surface area contributed by atoms with Gasteiger partial charge in [-0.15, -0.1) is 11.3 Å². The number of carbonyl (C=O) groups is 2. The van der Waals surface area contributed by atoms with E-state index in [0.29, 0.717) is 26.1 Å². The van der Waals surface area contributed by atoms with E-state index in [1.807, 2.05) is 20.8 Å². The summed E-state index contributed by atoms with van der Waals surface area (Å²) >= 11 is 1.80. The van der Waals surface area contributed by atoms with Gasteiger partial charge < -0.3 is 15.0 Å². The first-order valence-corrected chi connectivity index (χ1v) is 10.4. The number of hydrogen-bond donors (Lipinski definition) is 1. The number of rotatable bonds is 4. The molecule has 1 aromatic heterocycles. The molecule has 3 rings (SSSR count). The van der Waals surface area contributed by atoms with Crippen molar-refractivity contribution >= 4 is 23.3 Å². The van der Waals surface area contributed by atoms with Crippen LogP contribution in [0.5, 0.6) is 0 Å². The van der Waals surface area contributed by atoms with Crippen molar-refractivity contribution in [3.8, 4) is 0 Å². The number of hydrogen-bond acceptors (Lipinski definition) is 5. The molecule has 7 heteroatoms. The van der Waals surface area contributed by atoms with E-state index in [0.717, 1.165) is 24.3 Å². The number of nitrogens with zero attached hydrogens (tertiary/aromatic N) is 2. The first-order valence-electron chi connectivity index (χ1n) is 9.55. The van der Waals surface area contributed by atoms with Gasteiger partial charge in [0.1, 0.15) is 5.60 Å². The molecule has 26 heavy (non-hydrogen) atoms. The Kier molecular flexibility index (Phi) is 5.85. The van der Waals surface area contributed by atoms with E-state index >= 15 is 0 Å². The SMILES string of the molecule is CC(C)(C)OC(=O)N1CCC(C(=O)NCCc2nc3c(s2)CCCC3)C1. The Morgan fingerprint density at radius 1 is 1.31 bits per heavy atom. The highest BCUT2D eigenvalue weighted by Gasteiger charge is 2.33. The predicted octanol–water partition coefficient (Wildman–Crippen LogP) is 2.94. The van der Waals surface area contributed by atoms with Crippen LogP contribution in [0, 0.1) is 5.92 Å². The maximum absolute atomic E-state index is 12.4. The molecule has 1 saturated heterocycles. The zero-order chi connectivity index (χ0) is 18.7. The number of fused-ring (bicyclic) bond motifs is 1. The standard InChI is InChI=1S/C19H29N3O3S/c1-19(2,3)25-18(24)22-11-9-13(12-22)17(23)20-10-8-16-21-14-6-4-5-7-15(14)26-16/h13H,4-12H2,1-3H3,(H,20,23). The van der Waals surface area contributed by atoms with Crippen molar-refractivity contribution in [2.75, 3.05) is 19.6 Å². The monoisotopic (exact) mass is 379 g/mol. The Bertz CT molecular complexity index is 642. The van der Waals surface area contributed by atoms with Crippen LogP contribution in [0.1, 0.15) is 55.6 Å². The number of aryl methyl sites for hydroxylation is 2. The molecule has 1 unspecified atom stereocenters. The third-order valence-electron chi connectivity index (χ3n) is 4.74. The van der Waals surface area contributed by atoms with Crippen LogP contribution in [0.4, 0.5) is 4.79 Å². The first-order chi connectivity index (χ1) is 12.3. The van der Waals surface area contributed by atoms with E-state index < -0.39 is 5.60 Å². The van der Waals surface area contributed by atoms with Gasteiger partial charge in [-0.3, -0.25) is 4.79 Å². The average molecular weight is 380 g/mol. The van der Waals surface area contributed by atoms with Gasteiger partial charge in [-0.2, -0.15) is 0 Å². The van der Waals surface area contributed by atoms with E-state index in [4.69, 9.17) is 9.72 Å². The number of thiazole rings is 1. The van der Waals surface area contributed by atoms with Gasteiger partial charge in [0.2, 0.25) is 5.91 Å². The molecule has 0 saturated carbocycles. The summed E-state index contributed by atoms with van der Waals surface area (Å²) in [4.78, 5) is 32.2. The molecule has 0 bridgehead atoms. The van der Waals surface area contributed by atoms with Gasteiger partial charge in [0.05, 0.1) is 16.6 Å². The molecular weight excluding hydrogens is 350 g/mol. The quantitative estimate of drug-likeness (QED) is 0.873. The number of nitrogens with one attached hydrogen (secondary N) is 1. The van der Waals surface area contributed by atoms with Gasteiger partial charge in [-0.05, 0) is 52.9 Å². The van der Waals surface area contributed by atoms with E-state index in [1.165, 1.54) is 23.4 Å². The summed E-state index contributed by atoms with van der Waals surface area (Å²) < 4.78 is 5.38. The summed E-state index contributed by atoms with van der Waals surface area (Å²) in [5.74, 6) is -0.121. The minimum absolute atomic E-state index is 0.0254. The number of amides is 2. The lowest BCUT2D eigenvalue weighted by Crippen LogP contribution is -2.38. The highest BCUT2D eigenvalue weighted by Crippen LogP contribution is 2.26. The van der Waals surface area contributed by atoms with Gasteiger partial charge in [0.25, 0.3) is 0 Å². The number of ether oxygens (including phenoxy) is 1. The summed E-state index contributed by atoms with van der Waals surface area (Å²) in [6.45, 7) is 7.16. The minimum Gasteiger partial charge on any atom is -0.444 e. The van der Waals surface area contributed by atoms with Crippen molar-refractivity contribution in [3.05, 3.63) is 15.6 Å². The van der Waals surface area contributed by atoms with E-state index in [-0.39, 0.29) is 17.9 Å². The molecule has 1 atom stereocenters. The lowest BCUT2D eigenvalue weighted by Gasteiger charge is -2.24. The van der Waals surface area contributed by atoms with Crippen molar-refractivity contribution in [3.63, 3.8) is 0 Å². The molecule has 1 fully saturated rings. The van der Waals surface area contributed by atoms with E-state index in [1.54, 1.807) is 16.2 Å². The molecule has 2 aliphatic rings. The molecule has 0 aromatic carbocycles. The van der Waals surface area contributed by atoms with Crippen LogP contribution in [-0.2, 0) is 28.8 Å². The van der Waals surface area contributed by atoms with Crippen molar-refractivity contribution < 1.29 is 14.3 Å². The molecule has 1 aliphatic heterocycles. The smallest absolute Gasteiger partial charge is 0.410 e. The lowest BCUT2D eigenvalue weighted by atomic mass is 10.0. The molecule has 1 aromatic rings. The fourth-order valence-corrected chi connectivity index (χ4v) is 4.57. The maximum Gasteiger partial charge on any atom is 0.410 e. The zero-order valence-corrected chi connectivity index (χ0v) is 16.8.